The van der Waals surface area contributed by atoms with Crippen LogP contribution in [0.4, 0.5) is 0 Å². The Morgan fingerprint density at radius 1 is 0.923 bits per heavy atom. The molecule has 1 amide bonds. The quantitative estimate of drug-likeness (QED) is 0.244. The Balaban J connectivity index is 0.00000338. The number of aliphatic imine (C=N–C) groups is 1. The smallest absolute Gasteiger partial charge is 0.251 e. The van der Waals surface area contributed by atoms with Gasteiger partial charge >= 0.3 is 0 Å². The van der Waals surface area contributed by atoms with Gasteiger partial charge in [0.1, 0.15) is 0 Å². The largest absolute Gasteiger partial charge is 0.356 e. The monoisotopic (exact) mass is 486 g/mol. The molecule has 0 saturated heterocycles. The van der Waals surface area contributed by atoms with Crippen molar-refractivity contribution >= 4 is 47.4 Å². The molecule has 0 atom stereocenters. The third kappa shape index (κ3) is 8.05. The molecule has 0 heterocycles. The first kappa shape index (κ1) is 22.2. The molecule has 0 aliphatic carbocycles. The standard InChI is InChI=1S/C19H23ClN4O.HI/c1-21-19(23-12-11-15-5-3-2-4-6-15)24-14-13-22-18(25)16-7-9-17(20)10-8-16;/h2-10H,11-14H2,1H3,(H,22,25)(H2,21,23,24);1H. The van der Waals surface area contributed by atoms with E-state index in [0.717, 1.165) is 18.9 Å². The highest BCUT2D eigenvalue weighted by Crippen LogP contribution is 2.09. The number of guanidine groups is 1. The highest BCUT2D eigenvalue weighted by Gasteiger charge is 2.04. The molecule has 140 valence electrons. The Labute approximate surface area is 176 Å². The average molecular weight is 487 g/mol. The molecule has 0 unspecified atom stereocenters. The zero-order valence-corrected chi connectivity index (χ0v) is 17.8. The van der Waals surface area contributed by atoms with Crippen LogP contribution in [-0.2, 0) is 6.42 Å². The fourth-order valence-electron chi connectivity index (χ4n) is 2.25. The molecule has 7 heteroatoms. The Morgan fingerprint density at radius 2 is 1.54 bits per heavy atom. The van der Waals surface area contributed by atoms with Gasteiger partial charge in [0.2, 0.25) is 0 Å². The van der Waals surface area contributed by atoms with E-state index in [1.54, 1.807) is 31.3 Å². The van der Waals surface area contributed by atoms with Crippen molar-refractivity contribution in [3.05, 3.63) is 70.7 Å². The Morgan fingerprint density at radius 3 is 2.19 bits per heavy atom. The number of carbonyl (C=O) groups is 1. The van der Waals surface area contributed by atoms with Crippen LogP contribution in [0.1, 0.15) is 15.9 Å². The van der Waals surface area contributed by atoms with E-state index in [2.05, 4.69) is 33.1 Å². The van der Waals surface area contributed by atoms with Crippen molar-refractivity contribution in [1.82, 2.24) is 16.0 Å². The molecule has 0 fully saturated rings. The highest BCUT2D eigenvalue weighted by atomic mass is 127. The summed E-state index contributed by atoms with van der Waals surface area (Å²) in [7, 11) is 1.73. The highest BCUT2D eigenvalue weighted by molar-refractivity contribution is 14.0. The van der Waals surface area contributed by atoms with Crippen molar-refractivity contribution < 1.29 is 4.79 Å². The summed E-state index contributed by atoms with van der Waals surface area (Å²) in [5.74, 6) is 0.599. The molecule has 2 rings (SSSR count). The maximum atomic E-state index is 12.0. The third-order valence-electron chi connectivity index (χ3n) is 3.58. The molecule has 3 N–H and O–H groups in total. The number of rotatable bonds is 7. The minimum atomic E-state index is -0.120. The Bertz CT molecular complexity index is 692. The summed E-state index contributed by atoms with van der Waals surface area (Å²) in [5, 5.41) is 9.90. The van der Waals surface area contributed by atoms with E-state index in [0.29, 0.717) is 23.7 Å². The fraction of sp³-hybridized carbons (Fsp3) is 0.263. The average Bonchev–Trinajstić information content (AvgIpc) is 2.65. The predicted molar refractivity (Wildman–Crippen MR) is 119 cm³/mol. The number of hydrogen-bond donors (Lipinski definition) is 3. The summed E-state index contributed by atoms with van der Waals surface area (Å²) in [6, 6.07) is 17.1. The van der Waals surface area contributed by atoms with Crippen molar-refractivity contribution in [3.63, 3.8) is 0 Å². The lowest BCUT2D eigenvalue weighted by Gasteiger charge is -2.12. The summed E-state index contributed by atoms with van der Waals surface area (Å²) in [6.45, 7) is 1.88. The normalized spacial score (nSPS) is 10.6. The van der Waals surface area contributed by atoms with Gasteiger partial charge in [0.25, 0.3) is 5.91 Å². The first-order chi connectivity index (χ1) is 12.2. The number of carbonyl (C=O) groups excluding carboxylic acids is 1. The van der Waals surface area contributed by atoms with Gasteiger partial charge in [-0.3, -0.25) is 9.79 Å². The number of nitrogens with one attached hydrogen (secondary N) is 3. The summed E-state index contributed by atoms with van der Waals surface area (Å²) in [6.07, 6.45) is 0.925. The van der Waals surface area contributed by atoms with E-state index in [1.165, 1.54) is 5.56 Å². The molecule has 2 aromatic rings. The second-order valence-electron chi connectivity index (χ2n) is 5.42. The van der Waals surface area contributed by atoms with E-state index in [4.69, 9.17) is 11.6 Å². The lowest BCUT2D eigenvalue weighted by molar-refractivity contribution is 0.0954. The predicted octanol–water partition coefficient (Wildman–Crippen LogP) is 3.10. The third-order valence-corrected chi connectivity index (χ3v) is 3.83. The molecular formula is C19H24ClIN4O. The van der Waals surface area contributed by atoms with Crippen molar-refractivity contribution in [3.8, 4) is 0 Å². The first-order valence-electron chi connectivity index (χ1n) is 8.21. The van der Waals surface area contributed by atoms with Crippen LogP contribution in [0.5, 0.6) is 0 Å². The number of benzene rings is 2. The van der Waals surface area contributed by atoms with Crippen LogP contribution >= 0.6 is 35.6 Å². The first-order valence-corrected chi connectivity index (χ1v) is 8.59. The molecule has 0 saturated carbocycles. The van der Waals surface area contributed by atoms with Crippen LogP contribution < -0.4 is 16.0 Å². The van der Waals surface area contributed by atoms with Crippen molar-refractivity contribution in [2.24, 2.45) is 4.99 Å². The van der Waals surface area contributed by atoms with Gasteiger partial charge in [-0.05, 0) is 36.2 Å². The van der Waals surface area contributed by atoms with Gasteiger partial charge in [0.05, 0.1) is 0 Å². The topological polar surface area (TPSA) is 65.5 Å². The Kier molecular flexibility index (Phi) is 10.7. The summed E-state index contributed by atoms with van der Waals surface area (Å²) < 4.78 is 0. The van der Waals surface area contributed by atoms with Crippen molar-refractivity contribution in [2.75, 3.05) is 26.7 Å². The summed E-state index contributed by atoms with van der Waals surface area (Å²) in [4.78, 5) is 16.1. The molecule has 0 aliphatic heterocycles. The van der Waals surface area contributed by atoms with Crippen LogP contribution in [0, 0.1) is 0 Å². The van der Waals surface area contributed by atoms with Gasteiger partial charge in [0.15, 0.2) is 5.96 Å². The maximum Gasteiger partial charge on any atom is 0.251 e. The van der Waals surface area contributed by atoms with Gasteiger partial charge in [-0.1, -0.05) is 41.9 Å². The number of amides is 1. The molecular weight excluding hydrogens is 463 g/mol. The second-order valence-corrected chi connectivity index (χ2v) is 5.86. The number of nitrogens with zero attached hydrogens (tertiary/aromatic N) is 1. The van der Waals surface area contributed by atoms with Gasteiger partial charge in [-0.25, -0.2) is 0 Å². The van der Waals surface area contributed by atoms with Crippen molar-refractivity contribution in [2.45, 2.75) is 6.42 Å². The van der Waals surface area contributed by atoms with E-state index >= 15 is 0 Å². The van der Waals surface area contributed by atoms with E-state index in [1.807, 2.05) is 18.2 Å². The van der Waals surface area contributed by atoms with Crippen LogP contribution in [0.25, 0.3) is 0 Å². The molecule has 26 heavy (non-hydrogen) atoms. The van der Waals surface area contributed by atoms with Crippen LogP contribution in [-0.4, -0.2) is 38.5 Å². The maximum absolute atomic E-state index is 12.0. The zero-order valence-electron chi connectivity index (χ0n) is 14.7. The van der Waals surface area contributed by atoms with Gasteiger partial charge in [0, 0.05) is 37.3 Å². The summed E-state index contributed by atoms with van der Waals surface area (Å²) in [5.41, 5.74) is 1.87. The van der Waals surface area contributed by atoms with Gasteiger partial charge in [-0.2, -0.15) is 0 Å². The fourth-order valence-corrected chi connectivity index (χ4v) is 2.38. The minimum Gasteiger partial charge on any atom is -0.356 e. The van der Waals surface area contributed by atoms with Gasteiger partial charge in [-0.15, -0.1) is 24.0 Å². The SMILES string of the molecule is CN=C(NCCNC(=O)c1ccc(Cl)cc1)NCCc1ccccc1.I. The van der Waals surface area contributed by atoms with Crippen LogP contribution in [0.3, 0.4) is 0 Å². The Hall–Kier alpha value is -1.80. The number of hydrogen-bond acceptors (Lipinski definition) is 2. The van der Waals surface area contributed by atoms with E-state index in [9.17, 15) is 4.79 Å². The zero-order chi connectivity index (χ0) is 17.9. The van der Waals surface area contributed by atoms with E-state index < -0.39 is 0 Å². The molecule has 0 spiro atoms. The van der Waals surface area contributed by atoms with Crippen LogP contribution in [0.2, 0.25) is 5.02 Å². The number of halogens is 2. The second kappa shape index (κ2) is 12.5. The molecule has 0 aromatic heterocycles. The molecule has 2 aromatic carbocycles. The van der Waals surface area contributed by atoms with Gasteiger partial charge < -0.3 is 16.0 Å². The van der Waals surface area contributed by atoms with Crippen molar-refractivity contribution in [1.29, 1.82) is 0 Å². The molecule has 0 radical (unpaired) electrons. The molecule has 5 nitrogen and oxygen atoms in total. The minimum absolute atomic E-state index is 0. The van der Waals surface area contributed by atoms with E-state index in [-0.39, 0.29) is 29.9 Å². The van der Waals surface area contributed by atoms with Crippen LogP contribution in [0.15, 0.2) is 59.6 Å². The lowest BCUT2D eigenvalue weighted by atomic mass is 10.1. The summed E-state index contributed by atoms with van der Waals surface area (Å²) >= 11 is 5.81. The lowest BCUT2D eigenvalue weighted by Crippen LogP contribution is -2.42. The molecule has 0 aliphatic rings. The molecule has 0 bridgehead atoms.